The Morgan fingerprint density at radius 1 is 1.30 bits per heavy atom. The molecule has 0 bridgehead atoms. The van der Waals surface area contributed by atoms with E-state index in [0.29, 0.717) is 5.75 Å². The van der Waals surface area contributed by atoms with Crippen LogP contribution in [0.1, 0.15) is 32.3 Å². The van der Waals surface area contributed by atoms with Crippen molar-refractivity contribution >= 4 is 33.3 Å². The highest BCUT2D eigenvalue weighted by Gasteiger charge is 2.48. The van der Waals surface area contributed by atoms with Crippen LogP contribution >= 0.6 is 23.2 Å². The van der Waals surface area contributed by atoms with Gasteiger partial charge >= 0.3 is 10.1 Å². The Morgan fingerprint density at radius 3 is 2.48 bits per heavy atom. The number of halogens is 2. The number of nitrogens with zero attached hydrogens (tertiary/aromatic N) is 1. The molecule has 8 heteroatoms. The number of hydrogen-bond donors (Lipinski definition) is 0. The van der Waals surface area contributed by atoms with Crippen LogP contribution in [-0.2, 0) is 15.5 Å². The second-order valence-electron chi connectivity index (χ2n) is 6.60. The van der Waals surface area contributed by atoms with Gasteiger partial charge in [0, 0.05) is 30.1 Å². The third-order valence-electron chi connectivity index (χ3n) is 4.35. The Balaban J connectivity index is 2.07. The molecule has 1 fully saturated rings. The molecule has 2 heterocycles. The number of likely N-dealkylation sites (tertiary alicyclic amines) is 1. The van der Waals surface area contributed by atoms with Gasteiger partial charge in [-0.3, -0.25) is 4.90 Å². The first-order chi connectivity index (χ1) is 10.6. The number of hydrogen-bond acceptors (Lipinski definition) is 5. The van der Waals surface area contributed by atoms with Crippen molar-refractivity contribution < 1.29 is 17.3 Å². The Hall–Kier alpha value is -0.690. The summed E-state index contributed by atoms with van der Waals surface area (Å²) in [5, 5.41) is 0.321. The van der Waals surface area contributed by atoms with Crippen molar-refractivity contribution in [2.45, 2.75) is 38.3 Å². The lowest BCUT2D eigenvalue weighted by Crippen LogP contribution is -2.46. The van der Waals surface area contributed by atoms with Gasteiger partial charge in [-0.05, 0) is 12.8 Å². The summed E-state index contributed by atoms with van der Waals surface area (Å²) >= 11 is 12.6. The third kappa shape index (κ3) is 3.02. The van der Waals surface area contributed by atoms with Gasteiger partial charge in [-0.1, -0.05) is 37.0 Å². The standard InChI is InChI=1S/C15H19Cl2NO4S/c1-15(2)11-10(21-14(15)18-6-4-5-7-18)8-9(16)13(12(11)17)22-23(3,19)20/h8,14H,4-7H2,1-3H3. The van der Waals surface area contributed by atoms with Gasteiger partial charge in [0.05, 0.1) is 16.3 Å². The maximum atomic E-state index is 11.5. The molecular weight excluding hydrogens is 361 g/mol. The maximum absolute atomic E-state index is 11.5. The predicted octanol–water partition coefficient (Wildman–Crippen LogP) is 3.42. The van der Waals surface area contributed by atoms with E-state index >= 15 is 0 Å². The van der Waals surface area contributed by atoms with Crippen molar-refractivity contribution in [2.24, 2.45) is 0 Å². The van der Waals surface area contributed by atoms with Crippen LogP contribution in [0, 0.1) is 0 Å². The van der Waals surface area contributed by atoms with Gasteiger partial charge in [-0.25, -0.2) is 0 Å². The molecular formula is C15H19Cl2NO4S. The van der Waals surface area contributed by atoms with Gasteiger partial charge in [0.1, 0.15) is 5.75 Å². The fraction of sp³-hybridized carbons (Fsp3) is 0.600. The molecule has 5 nitrogen and oxygen atoms in total. The van der Waals surface area contributed by atoms with Crippen molar-refractivity contribution in [3.05, 3.63) is 21.7 Å². The minimum Gasteiger partial charge on any atom is -0.474 e. The number of fused-ring (bicyclic) bond motifs is 1. The van der Waals surface area contributed by atoms with E-state index in [0.717, 1.165) is 37.8 Å². The average molecular weight is 380 g/mol. The summed E-state index contributed by atoms with van der Waals surface area (Å²) in [4.78, 5) is 2.28. The molecule has 0 saturated carbocycles. The molecule has 0 aliphatic carbocycles. The molecule has 0 radical (unpaired) electrons. The number of rotatable bonds is 3. The molecule has 1 atom stereocenters. The lowest BCUT2D eigenvalue weighted by molar-refractivity contribution is 0.0143. The topological polar surface area (TPSA) is 55.8 Å². The molecule has 0 spiro atoms. The highest BCUT2D eigenvalue weighted by atomic mass is 35.5. The molecule has 128 valence electrons. The van der Waals surface area contributed by atoms with Gasteiger partial charge in [-0.2, -0.15) is 8.42 Å². The molecule has 0 N–H and O–H groups in total. The molecule has 1 unspecified atom stereocenters. The summed E-state index contributed by atoms with van der Waals surface area (Å²) in [6, 6.07) is 1.58. The third-order valence-corrected chi connectivity index (χ3v) is 5.46. The van der Waals surface area contributed by atoms with Gasteiger partial charge < -0.3 is 8.92 Å². The van der Waals surface area contributed by atoms with E-state index in [1.165, 1.54) is 0 Å². The lowest BCUT2D eigenvalue weighted by atomic mass is 9.83. The second-order valence-corrected chi connectivity index (χ2v) is 8.96. The average Bonchev–Trinajstić information content (AvgIpc) is 2.99. The monoisotopic (exact) mass is 379 g/mol. The molecule has 23 heavy (non-hydrogen) atoms. The van der Waals surface area contributed by atoms with E-state index in [1.807, 2.05) is 13.8 Å². The molecule has 2 aliphatic heterocycles. The smallest absolute Gasteiger partial charge is 0.306 e. The Bertz CT molecular complexity index is 742. The van der Waals surface area contributed by atoms with E-state index in [2.05, 4.69) is 4.90 Å². The van der Waals surface area contributed by atoms with Crippen LogP contribution in [0.3, 0.4) is 0 Å². The second kappa shape index (κ2) is 5.69. The first kappa shape index (κ1) is 17.1. The fourth-order valence-corrected chi connectivity index (χ4v) is 4.72. The highest BCUT2D eigenvalue weighted by molar-refractivity contribution is 7.86. The minimum absolute atomic E-state index is 0.0340. The van der Waals surface area contributed by atoms with Crippen molar-refractivity contribution in [3.63, 3.8) is 0 Å². The quantitative estimate of drug-likeness (QED) is 0.753. The van der Waals surface area contributed by atoms with E-state index in [1.54, 1.807) is 6.07 Å². The van der Waals surface area contributed by atoms with E-state index in [-0.39, 0.29) is 22.0 Å². The SMILES string of the molecule is CC1(C)c2c(cc(Cl)c(OS(C)(=O)=O)c2Cl)OC1N1CCCC1. The van der Waals surface area contributed by atoms with Crippen LogP contribution in [0.2, 0.25) is 10.0 Å². The highest BCUT2D eigenvalue weighted by Crippen LogP contribution is 2.53. The minimum atomic E-state index is -3.73. The molecule has 0 aromatic heterocycles. The van der Waals surface area contributed by atoms with E-state index < -0.39 is 15.5 Å². The Labute approximate surface area is 146 Å². The fourth-order valence-electron chi connectivity index (χ4n) is 3.40. The Kier molecular flexibility index (Phi) is 4.24. The summed E-state index contributed by atoms with van der Waals surface area (Å²) in [5.74, 6) is 0.552. The molecule has 1 aromatic rings. The van der Waals surface area contributed by atoms with Crippen LogP contribution in [0.25, 0.3) is 0 Å². The summed E-state index contributed by atoms with van der Waals surface area (Å²) in [5.41, 5.74) is 0.329. The van der Waals surface area contributed by atoms with Crippen molar-refractivity contribution in [1.82, 2.24) is 4.90 Å². The number of ether oxygens (including phenoxy) is 1. The van der Waals surface area contributed by atoms with Crippen LogP contribution in [0.4, 0.5) is 0 Å². The molecule has 2 aliphatic rings. The normalized spacial score (nSPS) is 23.6. The largest absolute Gasteiger partial charge is 0.474 e. The molecule has 1 saturated heterocycles. The van der Waals surface area contributed by atoms with Gasteiger partial charge in [0.15, 0.2) is 12.0 Å². The Morgan fingerprint density at radius 2 is 1.91 bits per heavy atom. The zero-order chi connectivity index (χ0) is 17.0. The van der Waals surface area contributed by atoms with Gasteiger partial charge in [0.2, 0.25) is 0 Å². The van der Waals surface area contributed by atoms with Crippen LogP contribution in [0.5, 0.6) is 11.5 Å². The van der Waals surface area contributed by atoms with E-state index in [9.17, 15) is 8.42 Å². The molecule has 3 rings (SSSR count). The maximum Gasteiger partial charge on any atom is 0.306 e. The zero-order valence-corrected chi connectivity index (χ0v) is 15.6. The zero-order valence-electron chi connectivity index (χ0n) is 13.2. The molecule has 1 aromatic carbocycles. The summed E-state index contributed by atoms with van der Waals surface area (Å²) < 4.78 is 34.0. The molecule has 0 amide bonds. The van der Waals surface area contributed by atoms with Gasteiger partial charge in [0.25, 0.3) is 0 Å². The van der Waals surface area contributed by atoms with Gasteiger partial charge in [-0.15, -0.1) is 0 Å². The number of benzene rings is 1. The lowest BCUT2D eigenvalue weighted by Gasteiger charge is -2.33. The van der Waals surface area contributed by atoms with Crippen molar-refractivity contribution in [1.29, 1.82) is 0 Å². The van der Waals surface area contributed by atoms with Crippen molar-refractivity contribution in [2.75, 3.05) is 19.3 Å². The van der Waals surface area contributed by atoms with Crippen molar-refractivity contribution in [3.8, 4) is 11.5 Å². The van der Waals surface area contributed by atoms with Crippen LogP contribution in [0.15, 0.2) is 6.07 Å². The first-order valence-corrected chi connectivity index (χ1v) is 10.0. The van der Waals surface area contributed by atoms with E-state index in [4.69, 9.17) is 32.1 Å². The predicted molar refractivity (Wildman–Crippen MR) is 90.2 cm³/mol. The summed E-state index contributed by atoms with van der Waals surface area (Å²) in [6.07, 6.45) is 3.09. The van der Waals surface area contributed by atoms with Crippen LogP contribution < -0.4 is 8.92 Å². The summed E-state index contributed by atoms with van der Waals surface area (Å²) in [6.45, 7) is 6.01. The summed E-state index contributed by atoms with van der Waals surface area (Å²) in [7, 11) is -3.73. The first-order valence-electron chi connectivity index (χ1n) is 7.44. The van der Waals surface area contributed by atoms with Crippen LogP contribution in [-0.4, -0.2) is 38.9 Å².